The van der Waals surface area contributed by atoms with Gasteiger partial charge in [0.2, 0.25) is 0 Å². The van der Waals surface area contributed by atoms with Gasteiger partial charge in [0.25, 0.3) is 6.73 Å². The first kappa shape index (κ1) is 27.7. The highest BCUT2D eigenvalue weighted by Gasteiger charge is 2.20. The molecule has 1 fully saturated rings. The van der Waals surface area contributed by atoms with Crippen LogP contribution in [0, 0.1) is 0 Å². The Hall–Kier alpha value is -4.85. The molecule has 0 atom stereocenters. The molecular formula is C33H35N4O4+. The summed E-state index contributed by atoms with van der Waals surface area (Å²) in [7, 11) is 0. The number of carbonyl (C=O) groups excluding carboxylic acids is 2. The summed E-state index contributed by atoms with van der Waals surface area (Å²) in [5.41, 5.74) is 5.20. The van der Waals surface area contributed by atoms with Crippen molar-refractivity contribution in [1.82, 2.24) is 10.2 Å². The van der Waals surface area contributed by atoms with E-state index in [0.29, 0.717) is 18.8 Å². The van der Waals surface area contributed by atoms with Crippen LogP contribution in [0.25, 0.3) is 11.1 Å². The van der Waals surface area contributed by atoms with Crippen molar-refractivity contribution in [2.45, 2.75) is 32.5 Å². The summed E-state index contributed by atoms with van der Waals surface area (Å²) >= 11 is 0. The van der Waals surface area contributed by atoms with Gasteiger partial charge in [-0.05, 0) is 59.9 Å². The first-order valence-corrected chi connectivity index (χ1v) is 13.9. The van der Waals surface area contributed by atoms with Crippen molar-refractivity contribution in [3.8, 4) is 16.9 Å². The van der Waals surface area contributed by atoms with Crippen molar-refractivity contribution in [1.29, 1.82) is 0 Å². The molecule has 3 aromatic carbocycles. The number of carbonyl (C=O) groups is 2. The molecule has 1 aliphatic heterocycles. The van der Waals surface area contributed by atoms with E-state index < -0.39 is 0 Å². The highest BCUT2D eigenvalue weighted by molar-refractivity contribution is 5.89. The number of hydrogen-bond acceptors (Lipinski definition) is 4. The van der Waals surface area contributed by atoms with Gasteiger partial charge in [-0.3, -0.25) is 0 Å². The standard InChI is InChI=1S/C33H34N4O4/c38-32(34-23-26-9-8-19-36(24-26)25-41-33(39)37-20-6-7-21-37)35-29-14-16-30(17-15-29)40-22-18-28-12-4-5-13-31(28)27-10-2-1-3-11-27/h1-5,8-17,19,24H,6-7,18,20-23,25H2,(H-,34,35,38)/p+1. The van der Waals surface area contributed by atoms with E-state index in [1.54, 1.807) is 9.47 Å². The molecule has 5 rings (SSSR count). The second kappa shape index (κ2) is 14.0. The number of likely N-dealkylation sites (tertiary alicyclic amines) is 1. The average Bonchev–Trinajstić information content (AvgIpc) is 3.56. The Labute approximate surface area is 240 Å². The van der Waals surface area contributed by atoms with Gasteiger partial charge in [-0.2, -0.15) is 4.57 Å². The van der Waals surface area contributed by atoms with Crippen molar-refractivity contribution in [2.75, 3.05) is 25.0 Å². The molecule has 0 radical (unpaired) electrons. The van der Waals surface area contributed by atoms with Crippen LogP contribution in [0.1, 0.15) is 24.0 Å². The third kappa shape index (κ3) is 8.08. The van der Waals surface area contributed by atoms with Crippen LogP contribution in [0.3, 0.4) is 0 Å². The molecular weight excluding hydrogens is 516 g/mol. The Morgan fingerprint density at radius 3 is 2.41 bits per heavy atom. The fourth-order valence-corrected chi connectivity index (χ4v) is 4.79. The maximum absolute atomic E-state index is 12.5. The van der Waals surface area contributed by atoms with Crippen molar-refractivity contribution in [3.05, 3.63) is 115 Å². The molecule has 0 saturated carbocycles. The number of ether oxygens (including phenoxy) is 2. The Kier molecular flexibility index (Phi) is 9.45. The molecule has 2 heterocycles. The van der Waals surface area contributed by atoms with Gasteiger partial charge >= 0.3 is 12.1 Å². The molecule has 41 heavy (non-hydrogen) atoms. The molecule has 8 heteroatoms. The number of amides is 3. The highest BCUT2D eigenvalue weighted by atomic mass is 16.6. The zero-order chi connectivity index (χ0) is 28.3. The molecule has 0 spiro atoms. The molecule has 1 aliphatic rings. The van der Waals surface area contributed by atoms with Gasteiger partial charge in [-0.1, -0.05) is 54.6 Å². The first-order valence-electron chi connectivity index (χ1n) is 13.9. The van der Waals surface area contributed by atoms with Gasteiger partial charge in [0.1, 0.15) is 5.75 Å². The van der Waals surface area contributed by atoms with Gasteiger partial charge in [-0.15, -0.1) is 0 Å². The number of nitrogens with one attached hydrogen (secondary N) is 2. The van der Waals surface area contributed by atoms with E-state index >= 15 is 0 Å². The number of hydrogen-bond donors (Lipinski definition) is 2. The van der Waals surface area contributed by atoms with Gasteiger partial charge in [-0.25, -0.2) is 9.59 Å². The summed E-state index contributed by atoms with van der Waals surface area (Å²) < 4.78 is 13.1. The molecule has 3 amide bonds. The zero-order valence-corrected chi connectivity index (χ0v) is 23.0. The summed E-state index contributed by atoms with van der Waals surface area (Å²) in [5.74, 6) is 0.743. The summed E-state index contributed by atoms with van der Waals surface area (Å²) in [5, 5.41) is 5.71. The van der Waals surface area contributed by atoms with Crippen molar-refractivity contribution >= 4 is 17.8 Å². The Balaban J connectivity index is 1.05. The third-order valence-electron chi connectivity index (χ3n) is 6.93. The van der Waals surface area contributed by atoms with Crippen LogP contribution in [0.5, 0.6) is 5.75 Å². The SMILES string of the molecule is O=C(NCc1ccc[n+](COC(=O)N2CCCC2)c1)Nc1ccc(OCCc2ccccc2-c2ccccc2)cc1. The molecule has 2 N–H and O–H groups in total. The molecule has 0 bridgehead atoms. The fraction of sp³-hybridized carbons (Fsp3) is 0.242. The molecule has 0 unspecified atom stereocenters. The maximum atomic E-state index is 12.5. The third-order valence-corrected chi connectivity index (χ3v) is 6.93. The number of benzene rings is 3. The normalized spacial score (nSPS) is 12.5. The quantitative estimate of drug-likeness (QED) is 0.245. The number of aromatic nitrogens is 1. The maximum Gasteiger partial charge on any atom is 0.414 e. The van der Waals surface area contributed by atoms with Crippen LogP contribution in [0.2, 0.25) is 0 Å². The highest BCUT2D eigenvalue weighted by Crippen LogP contribution is 2.24. The van der Waals surface area contributed by atoms with Gasteiger partial charge in [0.05, 0.1) is 13.2 Å². The minimum atomic E-state index is -0.313. The van der Waals surface area contributed by atoms with Gasteiger partial charge in [0, 0.05) is 36.8 Å². The smallest absolute Gasteiger partial charge is 0.414 e. The molecule has 1 saturated heterocycles. The second-order valence-electron chi connectivity index (χ2n) is 9.91. The largest absolute Gasteiger partial charge is 0.493 e. The van der Waals surface area contributed by atoms with Crippen molar-refractivity contribution < 1.29 is 23.6 Å². The van der Waals surface area contributed by atoms with E-state index in [1.807, 2.05) is 67.0 Å². The van der Waals surface area contributed by atoms with Crippen LogP contribution in [-0.4, -0.2) is 36.7 Å². The lowest BCUT2D eigenvalue weighted by Gasteiger charge is -2.13. The number of pyridine rings is 1. The predicted molar refractivity (Wildman–Crippen MR) is 157 cm³/mol. The monoisotopic (exact) mass is 551 g/mol. The molecule has 8 nitrogen and oxygen atoms in total. The second-order valence-corrected chi connectivity index (χ2v) is 9.91. The topological polar surface area (TPSA) is 83.8 Å². The summed E-state index contributed by atoms with van der Waals surface area (Å²) in [4.78, 5) is 26.3. The predicted octanol–water partition coefficient (Wildman–Crippen LogP) is 5.77. The van der Waals surface area contributed by atoms with E-state index in [9.17, 15) is 9.59 Å². The summed E-state index contributed by atoms with van der Waals surface area (Å²) in [6.45, 7) is 2.51. The Bertz CT molecular complexity index is 1440. The van der Waals surface area contributed by atoms with Crippen LogP contribution in [-0.2, 0) is 24.4 Å². The van der Waals surface area contributed by atoms with Gasteiger partial charge in [0.15, 0.2) is 12.4 Å². The number of rotatable bonds is 10. The number of anilines is 1. The Morgan fingerprint density at radius 1 is 0.854 bits per heavy atom. The first-order chi connectivity index (χ1) is 20.1. The summed E-state index contributed by atoms with van der Waals surface area (Å²) in [6, 6.07) is 29.5. The molecule has 0 aliphatic carbocycles. The van der Waals surface area contributed by atoms with Crippen LogP contribution >= 0.6 is 0 Å². The van der Waals surface area contributed by atoms with E-state index in [4.69, 9.17) is 9.47 Å². The van der Waals surface area contributed by atoms with E-state index in [2.05, 4.69) is 47.0 Å². The van der Waals surface area contributed by atoms with E-state index in [0.717, 1.165) is 43.7 Å². The average molecular weight is 552 g/mol. The minimum Gasteiger partial charge on any atom is -0.493 e. The van der Waals surface area contributed by atoms with Crippen LogP contribution in [0.4, 0.5) is 15.3 Å². The van der Waals surface area contributed by atoms with Crippen molar-refractivity contribution in [2.24, 2.45) is 0 Å². The van der Waals surface area contributed by atoms with Crippen LogP contribution < -0.4 is 19.9 Å². The van der Waals surface area contributed by atoms with Crippen molar-refractivity contribution in [3.63, 3.8) is 0 Å². The zero-order valence-electron chi connectivity index (χ0n) is 23.0. The lowest BCUT2D eigenvalue weighted by atomic mass is 9.98. The minimum absolute atomic E-state index is 0.128. The molecule has 210 valence electrons. The lowest BCUT2D eigenvalue weighted by Crippen LogP contribution is -2.39. The fourth-order valence-electron chi connectivity index (χ4n) is 4.79. The van der Waals surface area contributed by atoms with Crippen LogP contribution in [0.15, 0.2) is 103 Å². The van der Waals surface area contributed by atoms with E-state index in [1.165, 1.54) is 16.7 Å². The molecule has 1 aromatic heterocycles. The van der Waals surface area contributed by atoms with E-state index in [-0.39, 0.29) is 18.9 Å². The number of nitrogens with zero attached hydrogens (tertiary/aromatic N) is 2. The lowest BCUT2D eigenvalue weighted by molar-refractivity contribution is -0.727. The van der Waals surface area contributed by atoms with Gasteiger partial charge < -0.3 is 25.0 Å². The summed E-state index contributed by atoms with van der Waals surface area (Å²) in [6.07, 6.45) is 6.22. The molecule has 4 aromatic rings. The Morgan fingerprint density at radius 2 is 1.61 bits per heavy atom. The number of urea groups is 1.